The summed E-state index contributed by atoms with van der Waals surface area (Å²) < 4.78 is 5.16. The lowest BCUT2D eigenvalue weighted by atomic mass is 10.0. The fourth-order valence-corrected chi connectivity index (χ4v) is 4.24. The molecule has 28 heavy (non-hydrogen) atoms. The number of hydrogen-bond acceptors (Lipinski definition) is 4. The molecule has 1 aromatic heterocycles. The first-order valence-electron chi connectivity index (χ1n) is 9.42. The molecule has 0 unspecified atom stereocenters. The standard InChI is InChI=1S/C21H25Cl2N3O2/c1-25(21(27)15-13-18(22)20(28-2)19(23)14-15)17-7-11-26(12-8-17)10-6-16-5-3-4-9-24-16/h3-5,9,13-14,17H,6-8,10-12H2,1-2H3. The van der Waals surface area contributed by atoms with Gasteiger partial charge >= 0.3 is 0 Å². The van der Waals surface area contributed by atoms with Gasteiger partial charge in [-0.3, -0.25) is 9.78 Å². The van der Waals surface area contributed by atoms with Gasteiger partial charge in [-0.2, -0.15) is 0 Å². The number of piperidine rings is 1. The second-order valence-corrected chi connectivity index (χ2v) is 7.85. The molecule has 5 nitrogen and oxygen atoms in total. The quantitative estimate of drug-likeness (QED) is 0.701. The number of carbonyl (C=O) groups is 1. The summed E-state index contributed by atoms with van der Waals surface area (Å²) in [6.45, 7) is 2.93. The van der Waals surface area contributed by atoms with Crippen LogP contribution in [0.1, 0.15) is 28.9 Å². The van der Waals surface area contributed by atoms with Gasteiger partial charge in [-0.15, -0.1) is 0 Å². The Morgan fingerprint density at radius 2 is 1.93 bits per heavy atom. The molecule has 0 bridgehead atoms. The molecule has 150 valence electrons. The number of nitrogens with zero attached hydrogens (tertiary/aromatic N) is 3. The molecule has 0 radical (unpaired) electrons. The lowest BCUT2D eigenvalue weighted by molar-refractivity contribution is 0.0643. The second kappa shape index (κ2) is 9.59. The smallest absolute Gasteiger partial charge is 0.253 e. The second-order valence-electron chi connectivity index (χ2n) is 7.03. The van der Waals surface area contributed by atoms with Crippen LogP contribution < -0.4 is 4.74 Å². The molecule has 7 heteroatoms. The minimum Gasteiger partial charge on any atom is -0.494 e. The predicted octanol–water partition coefficient (Wildman–Crippen LogP) is 4.18. The highest BCUT2D eigenvalue weighted by atomic mass is 35.5. The van der Waals surface area contributed by atoms with Gasteiger partial charge in [-0.1, -0.05) is 29.3 Å². The third-order valence-corrected chi connectivity index (χ3v) is 5.85. The number of ether oxygens (including phenoxy) is 1. The first-order valence-corrected chi connectivity index (χ1v) is 10.2. The molecule has 0 N–H and O–H groups in total. The molecule has 0 saturated carbocycles. The molecule has 0 aliphatic carbocycles. The maximum absolute atomic E-state index is 12.9. The summed E-state index contributed by atoms with van der Waals surface area (Å²) in [5.41, 5.74) is 1.60. The highest BCUT2D eigenvalue weighted by Gasteiger charge is 2.26. The van der Waals surface area contributed by atoms with E-state index in [9.17, 15) is 4.79 Å². The molecule has 1 aliphatic heterocycles. The molecule has 2 aromatic rings. The van der Waals surface area contributed by atoms with Gasteiger partial charge in [0, 0.05) is 56.6 Å². The van der Waals surface area contributed by atoms with Gasteiger partial charge in [0.2, 0.25) is 0 Å². The minimum absolute atomic E-state index is 0.0709. The van der Waals surface area contributed by atoms with Crippen molar-refractivity contribution in [3.63, 3.8) is 0 Å². The van der Waals surface area contributed by atoms with Gasteiger partial charge in [0.05, 0.1) is 17.2 Å². The topological polar surface area (TPSA) is 45.7 Å². The Morgan fingerprint density at radius 1 is 1.25 bits per heavy atom. The Labute approximate surface area is 176 Å². The van der Waals surface area contributed by atoms with Crippen LogP contribution in [0.3, 0.4) is 0 Å². The lowest BCUT2D eigenvalue weighted by Gasteiger charge is -2.36. The Morgan fingerprint density at radius 3 is 2.50 bits per heavy atom. The number of amides is 1. The highest BCUT2D eigenvalue weighted by Crippen LogP contribution is 2.34. The number of halogens is 2. The number of aromatic nitrogens is 1. The fourth-order valence-electron chi connectivity index (χ4n) is 3.60. The maximum Gasteiger partial charge on any atom is 0.253 e. The lowest BCUT2D eigenvalue weighted by Crippen LogP contribution is -2.46. The normalized spacial score (nSPS) is 15.4. The fraction of sp³-hybridized carbons (Fsp3) is 0.429. The van der Waals surface area contributed by atoms with Gasteiger partial charge in [-0.25, -0.2) is 0 Å². The summed E-state index contributed by atoms with van der Waals surface area (Å²) in [7, 11) is 3.35. The van der Waals surface area contributed by atoms with Crippen molar-refractivity contribution in [2.24, 2.45) is 0 Å². The zero-order valence-electron chi connectivity index (χ0n) is 16.2. The Balaban J connectivity index is 1.54. The first kappa shape index (κ1) is 20.9. The van der Waals surface area contributed by atoms with Crippen LogP contribution in [0.15, 0.2) is 36.5 Å². The summed E-state index contributed by atoms with van der Waals surface area (Å²) in [5.74, 6) is 0.321. The average Bonchev–Trinajstić information content (AvgIpc) is 2.72. The predicted molar refractivity (Wildman–Crippen MR) is 113 cm³/mol. The van der Waals surface area contributed by atoms with E-state index in [0.29, 0.717) is 21.4 Å². The van der Waals surface area contributed by atoms with Crippen molar-refractivity contribution in [1.29, 1.82) is 0 Å². The molecule has 0 spiro atoms. The van der Waals surface area contributed by atoms with Crippen molar-refractivity contribution < 1.29 is 9.53 Å². The zero-order chi connectivity index (χ0) is 20.1. The number of rotatable bonds is 6. The summed E-state index contributed by atoms with van der Waals surface area (Å²) in [5, 5.41) is 0.687. The van der Waals surface area contributed by atoms with Gasteiger partial charge in [-0.05, 0) is 37.1 Å². The molecule has 1 amide bonds. The molecule has 1 fully saturated rings. The van der Waals surface area contributed by atoms with E-state index in [1.807, 2.05) is 30.3 Å². The summed E-state index contributed by atoms with van der Waals surface area (Å²) >= 11 is 12.4. The van der Waals surface area contributed by atoms with Crippen molar-refractivity contribution in [2.45, 2.75) is 25.3 Å². The number of carbonyl (C=O) groups excluding carboxylic acids is 1. The average molecular weight is 422 g/mol. The van der Waals surface area contributed by atoms with Crippen LogP contribution in [0.4, 0.5) is 0 Å². The van der Waals surface area contributed by atoms with E-state index in [4.69, 9.17) is 27.9 Å². The van der Waals surface area contributed by atoms with Crippen LogP contribution in [-0.2, 0) is 6.42 Å². The van der Waals surface area contributed by atoms with Crippen LogP contribution in [0.25, 0.3) is 0 Å². The summed E-state index contributed by atoms with van der Waals surface area (Å²) in [4.78, 5) is 21.5. The van der Waals surface area contributed by atoms with E-state index in [2.05, 4.69) is 16.0 Å². The number of hydrogen-bond donors (Lipinski definition) is 0. The van der Waals surface area contributed by atoms with Crippen molar-refractivity contribution in [1.82, 2.24) is 14.8 Å². The Hall–Kier alpha value is -1.82. The molecular formula is C21H25Cl2N3O2. The van der Waals surface area contributed by atoms with Crippen LogP contribution in [0.2, 0.25) is 10.0 Å². The molecule has 1 aromatic carbocycles. The molecule has 3 rings (SSSR count). The minimum atomic E-state index is -0.0709. The van der Waals surface area contributed by atoms with Crippen molar-refractivity contribution in [3.05, 3.63) is 57.8 Å². The maximum atomic E-state index is 12.9. The van der Waals surface area contributed by atoms with Gasteiger partial charge in [0.1, 0.15) is 0 Å². The van der Waals surface area contributed by atoms with Crippen molar-refractivity contribution >= 4 is 29.1 Å². The van der Waals surface area contributed by atoms with Crippen LogP contribution in [0, 0.1) is 0 Å². The molecular weight excluding hydrogens is 397 g/mol. The number of pyridine rings is 1. The van der Waals surface area contributed by atoms with E-state index < -0.39 is 0 Å². The third kappa shape index (κ3) is 4.96. The highest BCUT2D eigenvalue weighted by molar-refractivity contribution is 6.37. The van der Waals surface area contributed by atoms with E-state index >= 15 is 0 Å². The SMILES string of the molecule is COc1c(Cl)cc(C(=O)N(C)C2CCN(CCc3ccccn3)CC2)cc1Cl. The summed E-state index contributed by atoms with van der Waals surface area (Å²) in [6.07, 6.45) is 4.67. The van der Waals surface area contributed by atoms with Gasteiger partial charge in [0.15, 0.2) is 5.75 Å². The Kier molecular flexibility index (Phi) is 7.16. The van der Waals surface area contributed by atoms with Crippen molar-refractivity contribution in [3.8, 4) is 5.75 Å². The summed E-state index contributed by atoms with van der Waals surface area (Å²) in [6, 6.07) is 9.46. The number of methoxy groups -OCH3 is 1. The van der Waals surface area contributed by atoms with E-state index in [0.717, 1.165) is 44.6 Å². The van der Waals surface area contributed by atoms with E-state index in [-0.39, 0.29) is 11.9 Å². The number of likely N-dealkylation sites (tertiary alicyclic amines) is 1. The molecule has 1 aliphatic rings. The van der Waals surface area contributed by atoms with Crippen LogP contribution >= 0.6 is 23.2 Å². The van der Waals surface area contributed by atoms with Crippen LogP contribution in [-0.4, -0.2) is 60.5 Å². The van der Waals surface area contributed by atoms with Gasteiger partial charge < -0.3 is 14.5 Å². The molecule has 0 atom stereocenters. The first-order chi connectivity index (χ1) is 13.5. The molecule has 1 saturated heterocycles. The third-order valence-electron chi connectivity index (χ3n) is 5.28. The monoisotopic (exact) mass is 421 g/mol. The molecule has 2 heterocycles. The Bertz CT molecular complexity index is 786. The van der Waals surface area contributed by atoms with Crippen molar-refractivity contribution in [2.75, 3.05) is 33.8 Å². The largest absolute Gasteiger partial charge is 0.494 e. The zero-order valence-corrected chi connectivity index (χ0v) is 17.7. The van der Waals surface area contributed by atoms with E-state index in [1.54, 1.807) is 12.1 Å². The van der Waals surface area contributed by atoms with Crippen LogP contribution in [0.5, 0.6) is 5.75 Å². The van der Waals surface area contributed by atoms with E-state index in [1.165, 1.54) is 7.11 Å². The number of benzene rings is 1. The van der Waals surface area contributed by atoms with Gasteiger partial charge in [0.25, 0.3) is 5.91 Å².